The number of anilines is 1. The van der Waals surface area contributed by atoms with Crippen molar-refractivity contribution in [2.75, 3.05) is 18.9 Å². The van der Waals surface area contributed by atoms with Gasteiger partial charge in [0, 0.05) is 12.4 Å². The van der Waals surface area contributed by atoms with Gasteiger partial charge in [0.2, 0.25) is 5.91 Å². The minimum Gasteiger partial charge on any atom is -0.332 e. The molecule has 150 valence electrons. The van der Waals surface area contributed by atoms with Crippen molar-refractivity contribution in [1.29, 1.82) is 0 Å². The Hall–Kier alpha value is -3.42. The quantitative estimate of drug-likeness (QED) is 0.673. The number of pyridine rings is 1. The smallest absolute Gasteiger partial charge is 0.255 e. The maximum absolute atomic E-state index is 13.7. The van der Waals surface area contributed by atoms with Crippen molar-refractivity contribution in [2.24, 2.45) is 0 Å². The Bertz CT molecular complexity index is 1130. The molecule has 8 heteroatoms. The van der Waals surface area contributed by atoms with Crippen LogP contribution in [-0.4, -0.2) is 35.3 Å². The Morgan fingerprint density at radius 2 is 1.76 bits per heavy atom. The first-order valence-corrected chi connectivity index (χ1v) is 8.74. The average molecular weight is 401 g/mol. The number of nitrogens with zero attached hydrogens (tertiary/aromatic N) is 2. The molecule has 0 aliphatic carbocycles. The fourth-order valence-corrected chi connectivity index (χ4v) is 2.91. The van der Waals surface area contributed by atoms with Crippen molar-refractivity contribution < 1.29 is 22.8 Å². The summed E-state index contributed by atoms with van der Waals surface area (Å²) < 4.78 is 40.0. The van der Waals surface area contributed by atoms with Crippen molar-refractivity contribution >= 4 is 28.4 Å². The Kier molecular flexibility index (Phi) is 5.54. The molecule has 0 aliphatic heterocycles. The lowest BCUT2D eigenvalue weighted by Gasteiger charge is -2.18. The molecule has 1 aromatic heterocycles. The lowest BCUT2D eigenvalue weighted by Crippen LogP contribution is -2.35. The second-order valence-corrected chi connectivity index (χ2v) is 6.75. The number of hydrogen-bond donors (Lipinski definition) is 1. The first kappa shape index (κ1) is 20.3. The standard InChI is InChI=1S/C21H18F3N3O2/c1-11-4-6-16-13(8-11)9-14(12(2)25-16)21(29)27(3)10-18(28)26-17-7-5-15(22)19(23)20(17)24/h4-9H,10H2,1-3H3,(H,26,28). The van der Waals surface area contributed by atoms with Crippen LogP contribution in [0.2, 0.25) is 0 Å². The van der Waals surface area contributed by atoms with Gasteiger partial charge in [-0.1, -0.05) is 11.6 Å². The molecule has 2 aromatic carbocycles. The van der Waals surface area contributed by atoms with Gasteiger partial charge in [0.1, 0.15) is 0 Å². The third-order valence-electron chi connectivity index (χ3n) is 4.43. The van der Waals surface area contributed by atoms with E-state index in [1.807, 2.05) is 25.1 Å². The van der Waals surface area contributed by atoms with Crippen molar-refractivity contribution in [3.8, 4) is 0 Å². The van der Waals surface area contributed by atoms with Crippen LogP contribution < -0.4 is 5.32 Å². The summed E-state index contributed by atoms with van der Waals surface area (Å²) in [4.78, 5) is 30.5. The third-order valence-corrected chi connectivity index (χ3v) is 4.43. The highest BCUT2D eigenvalue weighted by atomic mass is 19.2. The number of rotatable bonds is 4. The van der Waals surface area contributed by atoms with E-state index in [-0.39, 0.29) is 0 Å². The predicted molar refractivity (Wildman–Crippen MR) is 103 cm³/mol. The van der Waals surface area contributed by atoms with Crippen molar-refractivity contribution in [2.45, 2.75) is 13.8 Å². The molecule has 0 bridgehead atoms. The Balaban J connectivity index is 1.77. The monoisotopic (exact) mass is 401 g/mol. The molecule has 29 heavy (non-hydrogen) atoms. The molecule has 0 saturated carbocycles. The summed E-state index contributed by atoms with van der Waals surface area (Å²) in [6.45, 7) is 3.20. The van der Waals surface area contributed by atoms with Crippen molar-refractivity contribution in [1.82, 2.24) is 9.88 Å². The molecule has 1 N–H and O–H groups in total. The van der Waals surface area contributed by atoms with Crippen LogP contribution in [0.15, 0.2) is 36.4 Å². The van der Waals surface area contributed by atoms with Gasteiger partial charge in [-0.15, -0.1) is 0 Å². The fraction of sp³-hybridized carbons (Fsp3) is 0.190. The topological polar surface area (TPSA) is 62.3 Å². The molecule has 0 unspecified atom stereocenters. The molecule has 5 nitrogen and oxygen atoms in total. The number of halogens is 3. The molecule has 0 atom stereocenters. The zero-order valence-corrected chi connectivity index (χ0v) is 16.0. The highest BCUT2D eigenvalue weighted by Gasteiger charge is 2.20. The molecule has 0 spiro atoms. The number of benzene rings is 2. The molecule has 2 amide bonds. The van der Waals surface area contributed by atoms with Crippen LogP contribution in [0.5, 0.6) is 0 Å². The molecular weight excluding hydrogens is 383 g/mol. The van der Waals surface area contributed by atoms with Gasteiger partial charge in [-0.05, 0) is 44.2 Å². The van der Waals surface area contributed by atoms with Crippen molar-refractivity contribution in [3.63, 3.8) is 0 Å². The van der Waals surface area contributed by atoms with Crippen LogP contribution in [0.25, 0.3) is 10.9 Å². The summed E-state index contributed by atoms with van der Waals surface area (Å²) in [6.07, 6.45) is 0. The van der Waals surface area contributed by atoms with E-state index in [1.165, 1.54) is 7.05 Å². The molecule has 0 fully saturated rings. The second-order valence-electron chi connectivity index (χ2n) is 6.75. The summed E-state index contributed by atoms with van der Waals surface area (Å²) in [5.74, 6) is -5.74. The van der Waals surface area contributed by atoms with Crippen LogP contribution in [0.4, 0.5) is 18.9 Å². The molecule has 0 radical (unpaired) electrons. The minimum atomic E-state index is -1.68. The summed E-state index contributed by atoms with van der Waals surface area (Å²) in [6, 6.07) is 9.00. The van der Waals surface area contributed by atoms with E-state index in [1.54, 1.807) is 13.0 Å². The molecular formula is C21H18F3N3O2. The maximum atomic E-state index is 13.7. The number of likely N-dealkylation sites (N-methyl/N-ethyl adjacent to an activating group) is 1. The minimum absolute atomic E-state index is 0.331. The zero-order valence-electron chi connectivity index (χ0n) is 16.0. The number of amides is 2. The first-order valence-electron chi connectivity index (χ1n) is 8.74. The molecule has 1 heterocycles. The normalized spacial score (nSPS) is 10.8. The summed E-state index contributed by atoms with van der Waals surface area (Å²) >= 11 is 0. The van der Waals surface area contributed by atoms with Gasteiger partial charge in [-0.2, -0.15) is 0 Å². The summed E-state index contributed by atoms with van der Waals surface area (Å²) in [7, 11) is 1.41. The highest BCUT2D eigenvalue weighted by molar-refractivity contribution is 6.01. The van der Waals surface area contributed by atoms with E-state index in [0.29, 0.717) is 17.3 Å². The molecule has 3 aromatic rings. The van der Waals surface area contributed by atoms with Gasteiger partial charge in [0.05, 0.1) is 29.0 Å². The van der Waals surface area contributed by atoms with Gasteiger partial charge in [0.15, 0.2) is 17.5 Å². The summed E-state index contributed by atoms with van der Waals surface area (Å²) in [5.41, 5.74) is 2.10. The van der Waals surface area contributed by atoms with Crippen LogP contribution in [0.3, 0.4) is 0 Å². The van der Waals surface area contributed by atoms with E-state index in [4.69, 9.17) is 0 Å². The van der Waals surface area contributed by atoms with E-state index in [9.17, 15) is 22.8 Å². The van der Waals surface area contributed by atoms with Crippen molar-refractivity contribution in [3.05, 3.63) is 70.7 Å². The SMILES string of the molecule is Cc1ccc2nc(C)c(C(=O)N(C)CC(=O)Nc3ccc(F)c(F)c3F)cc2c1. The van der Waals surface area contributed by atoms with Crippen LogP contribution in [0.1, 0.15) is 21.6 Å². The molecule has 0 aliphatic rings. The lowest BCUT2D eigenvalue weighted by atomic mass is 10.1. The Morgan fingerprint density at radius 3 is 2.48 bits per heavy atom. The van der Waals surface area contributed by atoms with E-state index >= 15 is 0 Å². The number of carbonyl (C=O) groups excluding carboxylic acids is 2. The van der Waals surface area contributed by atoms with Crippen LogP contribution in [-0.2, 0) is 4.79 Å². The van der Waals surface area contributed by atoms with Gasteiger partial charge in [-0.3, -0.25) is 14.6 Å². The molecule has 0 saturated heterocycles. The number of aromatic nitrogens is 1. The number of hydrogen-bond acceptors (Lipinski definition) is 3. The third kappa shape index (κ3) is 4.21. The Labute approximate surface area is 165 Å². The first-order chi connectivity index (χ1) is 13.7. The predicted octanol–water partition coefficient (Wildman–Crippen LogP) is 3.98. The van der Waals surface area contributed by atoms with Gasteiger partial charge in [0.25, 0.3) is 5.91 Å². The van der Waals surface area contributed by atoms with Crippen LogP contribution >= 0.6 is 0 Å². The van der Waals surface area contributed by atoms with Gasteiger partial charge >= 0.3 is 0 Å². The average Bonchev–Trinajstić information content (AvgIpc) is 2.67. The lowest BCUT2D eigenvalue weighted by molar-refractivity contribution is -0.116. The maximum Gasteiger partial charge on any atom is 0.255 e. The van der Waals surface area contributed by atoms with Gasteiger partial charge in [-0.25, -0.2) is 13.2 Å². The molecule has 3 rings (SSSR count). The second kappa shape index (κ2) is 7.90. The number of nitrogens with one attached hydrogen (secondary N) is 1. The number of aryl methyl sites for hydroxylation is 2. The number of carbonyl (C=O) groups is 2. The van der Waals surface area contributed by atoms with Gasteiger partial charge < -0.3 is 10.2 Å². The Morgan fingerprint density at radius 1 is 1.03 bits per heavy atom. The zero-order chi connectivity index (χ0) is 21.3. The van der Waals surface area contributed by atoms with Crippen LogP contribution in [0, 0.1) is 31.3 Å². The fourth-order valence-electron chi connectivity index (χ4n) is 2.91. The highest BCUT2D eigenvalue weighted by Crippen LogP contribution is 2.21. The summed E-state index contributed by atoms with van der Waals surface area (Å²) in [5, 5.41) is 2.93. The largest absolute Gasteiger partial charge is 0.332 e. The van der Waals surface area contributed by atoms with E-state index < -0.39 is 41.5 Å². The van der Waals surface area contributed by atoms with E-state index in [0.717, 1.165) is 27.4 Å². The van der Waals surface area contributed by atoms with E-state index in [2.05, 4.69) is 10.3 Å². The number of fused-ring (bicyclic) bond motifs is 1.